The van der Waals surface area contributed by atoms with Gasteiger partial charge in [0.15, 0.2) is 5.96 Å². The minimum Gasteiger partial charge on any atom is -0.377 e. The van der Waals surface area contributed by atoms with Crippen LogP contribution in [0, 0.1) is 11.3 Å². The number of nitrogens with one attached hydrogen (secondary N) is 2. The van der Waals surface area contributed by atoms with Gasteiger partial charge < -0.3 is 15.4 Å². The maximum Gasteiger partial charge on any atom is 0.191 e. The van der Waals surface area contributed by atoms with Crippen molar-refractivity contribution in [2.75, 3.05) is 25.4 Å². The molecule has 2 saturated heterocycles. The highest BCUT2D eigenvalue weighted by Crippen LogP contribution is 2.60. The number of hydrogen-bond acceptors (Lipinski definition) is 3. The molecule has 2 heterocycles. The van der Waals surface area contributed by atoms with Gasteiger partial charge in [-0.05, 0) is 51.7 Å². The molecule has 4 fully saturated rings. The summed E-state index contributed by atoms with van der Waals surface area (Å²) in [5.41, 5.74) is 0.392. The minimum atomic E-state index is 0. The maximum atomic E-state index is 6.12. The molecule has 0 aromatic carbocycles. The molecular weight excluding hydrogens is 445 g/mol. The number of fused-ring (bicyclic) bond motifs is 2. The molecule has 1 spiro atoms. The highest BCUT2D eigenvalue weighted by Gasteiger charge is 2.65. The Hall–Kier alpha value is 0.310. The zero-order chi connectivity index (χ0) is 16.6. The molecular formula is C19H34IN3OS. The van der Waals surface area contributed by atoms with Gasteiger partial charge in [0.25, 0.3) is 0 Å². The molecule has 6 heteroatoms. The van der Waals surface area contributed by atoms with Gasteiger partial charge in [-0.1, -0.05) is 12.8 Å². The van der Waals surface area contributed by atoms with Gasteiger partial charge in [-0.15, -0.1) is 24.0 Å². The molecule has 2 N–H and O–H groups in total. The zero-order valence-corrected chi connectivity index (χ0v) is 18.8. The van der Waals surface area contributed by atoms with E-state index in [1.54, 1.807) is 0 Å². The highest BCUT2D eigenvalue weighted by molar-refractivity contribution is 14.0. The number of hydrogen-bond donors (Lipinski definition) is 2. The van der Waals surface area contributed by atoms with E-state index in [1.165, 1.54) is 50.7 Å². The second kappa shape index (κ2) is 8.13. The first-order valence-electron chi connectivity index (χ1n) is 9.97. The third kappa shape index (κ3) is 3.68. The van der Waals surface area contributed by atoms with Crippen molar-refractivity contribution in [2.45, 2.75) is 75.7 Å². The van der Waals surface area contributed by atoms with Gasteiger partial charge >= 0.3 is 0 Å². The Bertz CT molecular complexity index is 489. The molecule has 4 nitrogen and oxygen atoms in total. The number of ether oxygens (including phenoxy) is 1. The third-order valence-corrected chi connectivity index (χ3v) is 8.32. The molecule has 2 aliphatic heterocycles. The van der Waals surface area contributed by atoms with Crippen LogP contribution in [0.2, 0.25) is 0 Å². The SMILES string of the molecule is CCNC(=NCC1(C)CCCS1)NC1C2CCOC2C12CCCC2.I. The van der Waals surface area contributed by atoms with Crippen LogP contribution in [0.3, 0.4) is 0 Å². The molecule has 0 radical (unpaired) electrons. The van der Waals surface area contributed by atoms with Crippen LogP contribution in [0.4, 0.5) is 0 Å². The van der Waals surface area contributed by atoms with E-state index in [1.807, 2.05) is 0 Å². The highest BCUT2D eigenvalue weighted by atomic mass is 127. The summed E-state index contributed by atoms with van der Waals surface area (Å²) in [4.78, 5) is 4.99. The number of aliphatic imine (C=N–C) groups is 1. The standard InChI is InChI=1S/C19H33N3OS.HI/c1-3-20-17(21-13-18(2)8-6-12-24-18)22-15-14-7-11-23-16(14)19(15)9-4-5-10-19;/h14-16H,3-13H2,1-2H3,(H2,20,21,22);1H. The monoisotopic (exact) mass is 479 g/mol. The Labute approximate surface area is 174 Å². The maximum absolute atomic E-state index is 6.12. The lowest BCUT2D eigenvalue weighted by Gasteiger charge is -2.57. The van der Waals surface area contributed by atoms with E-state index >= 15 is 0 Å². The van der Waals surface area contributed by atoms with Crippen molar-refractivity contribution >= 4 is 41.7 Å². The van der Waals surface area contributed by atoms with Crippen molar-refractivity contribution in [1.29, 1.82) is 0 Å². The van der Waals surface area contributed by atoms with Crippen molar-refractivity contribution in [3.05, 3.63) is 0 Å². The quantitative estimate of drug-likeness (QED) is 0.366. The third-order valence-electron chi connectivity index (χ3n) is 6.79. The van der Waals surface area contributed by atoms with E-state index in [9.17, 15) is 0 Å². The summed E-state index contributed by atoms with van der Waals surface area (Å²) in [7, 11) is 0. The molecule has 4 aliphatic rings. The first-order chi connectivity index (χ1) is 11.7. The average Bonchev–Trinajstić information content (AvgIpc) is 3.29. The van der Waals surface area contributed by atoms with Gasteiger partial charge in [-0.25, -0.2) is 0 Å². The molecule has 25 heavy (non-hydrogen) atoms. The van der Waals surface area contributed by atoms with E-state index < -0.39 is 0 Å². The molecule has 0 amide bonds. The van der Waals surface area contributed by atoms with Crippen molar-refractivity contribution in [3.8, 4) is 0 Å². The normalized spacial score (nSPS) is 39.0. The number of rotatable bonds is 4. The molecule has 0 aromatic heterocycles. The van der Waals surface area contributed by atoms with E-state index in [2.05, 4.69) is 36.2 Å². The Morgan fingerprint density at radius 2 is 2.04 bits per heavy atom. The van der Waals surface area contributed by atoms with E-state index in [0.717, 1.165) is 25.7 Å². The van der Waals surface area contributed by atoms with Crippen LogP contribution in [-0.4, -0.2) is 48.3 Å². The first kappa shape index (κ1) is 20.1. The van der Waals surface area contributed by atoms with Crippen LogP contribution in [0.1, 0.15) is 58.8 Å². The minimum absolute atomic E-state index is 0. The summed E-state index contributed by atoms with van der Waals surface area (Å²) in [6.45, 7) is 7.35. The largest absolute Gasteiger partial charge is 0.377 e. The van der Waals surface area contributed by atoms with Crippen LogP contribution in [-0.2, 0) is 4.74 Å². The van der Waals surface area contributed by atoms with Crippen molar-refractivity contribution in [1.82, 2.24) is 10.6 Å². The Balaban J connectivity index is 0.00000182. The molecule has 2 aliphatic carbocycles. The summed E-state index contributed by atoms with van der Waals surface area (Å²) >= 11 is 2.09. The summed E-state index contributed by atoms with van der Waals surface area (Å²) in [6, 6.07) is 0.564. The summed E-state index contributed by atoms with van der Waals surface area (Å²) in [6.07, 6.45) is 9.78. The van der Waals surface area contributed by atoms with Gasteiger partial charge in [0.05, 0.1) is 12.6 Å². The topological polar surface area (TPSA) is 45.7 Å². The molecule has 4 rings (SSSR count). The van der Waals surface area contributed by atoms with Crippen LogP contribution in [0.25, 0.3) is 0 Å². The average molecular weight is 479 g/mol. The van der Waals surface area contributed by atoms with Crippen LogP contribution < -0.4 is 10.6 Å². The Morgan fingerprint density at radius 3 is 2.72 bits per heavy atom. The first-order valence-corrected chi connectivity index (χ1v) is 11.0. The number of thioether (sulfide) groups is 1. The fraction of sp³-hybridized carbons (Fsp3) is 0.947. The Kier molecular flexibility index (Phi) is 6.52. The van der Waals surface area contributed by atoms with Crippen molar-refractivity contribution in [2.24, 2.45) is 16.3 Å². The lowest BCUT2D eigenvalue weighted by Crippen LogP contribution is -2.69. The summed E-state index contributed by atoms with van der Waals surface area (Å²) in [5, 5.41) is 7.35. The number of nitrogens with zero attached hydrogens (tertiary/aromatic N) is 1. The predicted octanol–water partition coefficient (Wildman–Crippen LogP) is 3.79. The van der Waals surface area contributed by atoms with Crippen LogP contribution >= 0.6 is 35.7 Å². The number of halogens is 1. The van der Waals surface area contributed by atoms with Gasteiger partial charge in [0, 0.05) is 35.3 Å². The van der Waals surface area contributed by atoms with Crippen molar-refractivity contribution < 1.29 is 4.74 Å². The fourth-order valence-corrected chi connectivity index (χ4v) is 6.81. The molecule has 0 bridgehead atoms. The fourth-order valence-electron chi connectivity index (χ4n) is 5.58. The van der Waals surface area contributed by atoms with Gasteiger partial charge in [-0.2, -0.15) is 11.8 Å². The molecule has 144 valence electrons. The molecule has 2 saturated carbocycles. The zero-order valence-electron chi connectivity index (χ0n) is 15.7. The molecule has 0 aromatic rings. The van der Waals surface area contributed by atoms with Gasteiger partial charge in [0.1, 0.15) is 0 Å². The second-order valence-corrected chi connectivity index (χ2v) is 10.1. The summed E-state index contributed by atoms with van der Waals surface area (Å²) < 4.78 is 6.45. The van der Waals surface area contributed by atoms with Crippen molar-refractivity contribution in [3.63, 3.8) is 0 Å². The second-order valence-electron chi connectivity index (χ2n) is 8.40. The lowest BCUT2D eigenvalue weighted by atomic mass is 9.54. The van der Waals surface area contributed by atoms with E-state index in [-0.39, 0.29) is 24.0 Å². The predicted molar refractivity (Wildman–Crippen MR) is 117 cm³/mol. The molecule has 4 unspecified atom stereocenters. The van der Waals surface area contributed by atoms with E-state index in [4.69, 9.17) is 9.73 Å². The summed E-state index contributed by atoms with van der Waals surface area (Å²) in [5.74, 6) is 3.03. The Morgan fingerprint density at radius 1 is 1.24 bits per heavy atom. The van der Waals surface area contributed by atoms with Gasteiger partial charge in [-0.3, -0.25) is 4.99 Å². The van der Waals surface area contributed by atoms with Crippen LogP contribution in [0.15, 0.2) is 4.99 Å². The van der Waals surface area contributed by atoms with Crippen LogP contribution in [0.5, 0.6) is 0 Å². The van der Waals surface area contributed by atoms with Gasteiger partial charge in [0.2, 0.25) is 0 Å². The molecule has 4 atom stereocenters. The van der Waals surface area contributed by atoms with E-state index in [0.29, 0.717) is 28.2 Å². The lowest BCUT2D eigenvalue weighted by molar-refractivity contribution is -0.125. The smallest absolute Gasteiger partial charge is 0.191 e. The number of guanidine groups is 1.